The molecule has 8 heteroatoms. The summed E-state index contributed by atoms with van der Waals surface area (Å²) >= 11 is 6.00. The first-order valence-electron chi connectivity index (χ1n) is 12.2. The normalized spacial score (nSPS) is 14.9. The van der Waals surface area contributed by atoms with E-state index in [0.717, 1.165) is 29.8 Å². The second-order valence-electron chi connectivity index (χ2n) is 8.90. The smallest absolute Gasteiger partial charge is 0.254 e. The number of amides is 2. The predicted molar refractivity (Wildman–Crippen MR) is 144 cm³/mol. The molecular weight excluding hydrogens is 488 g/mol. The fraction of sp³-hybridized carbons (Fsp3) is 0.207. The molecule has 0 spiro atoms. The zero-order valence-corrected chi connectivity index (χ0v) is 21.0. The second kappa shape index (κ2) is 11.4. The zero-order chi connectivity index (χ0) is 25.6. The van der Waals surface area contributed by atoms with Crippen LogP contribution in [0.2, 0.25) is 5.02 Å². The minimum Gasteiger partial charge on any atom is -0.376 e. The summed E-state index contributed by atoms with van der Waals surface area (Å²) in [5, 5.41) is 3.47. The van der Waals surface area contributed by atoms with Gasteiger partial charge in [0.1, 0.15) is 6.54 Å². The Balaban J connectivity index is 1.39. The van der Waals surface area contributed by atoms with Crippen molar-refractivity contribution in [3.8, 4) is 16.9 Å². The number of halogens is 1. The van der Waals surface area contributed by atoms with Crippen LogP contribution in [0.3, 0.4) is 0 Å². The van der Waals surface area contributed by atoms with Gasteiger partial charge in [-0.25, -0.2) is 4.98 Å². The number of benzene rings is 3. The van der Waals surface area contributed by atoms with Crippen LogP contribution in [0.4, 0.5) is 5.95 Å². The number of nitrogens with zero attached hydrogens (tertiary/aromatic N) is 3. The van der Waals surface area contributed by atoms with Gasteiger partial charge in [-0.1, -0.05) is 60.1 Å². The van der Waals surface area contributed by atoms with E-state index in [2.05, 4.69) is 5.32 Å². The number of nitrogens with one attached hydrogen (secondary N) is 1. The van der Waals surface area contributed by atoms with Gasteiger partial charge >= 0.3 is 0 Å². The lowest BCUT2D eigenvalue weighted by Gasteiger charge is -2.25. The predicted octanol–water partition coefficient (Wildman–Crippen LogP) is 5.45. The first kappa shape index (κ1) is 24.7. The minimum atomic E-state index is -0.345. The van der Waals surface area contributed by atoms with Gasteiger partial charge in [0, 0.05) is 41.2 Å². The summed E-state index contributed by atoms with van der Waals surface area (Å²) in [7, 11) is 0. The number of aromatic nitrogens is 2. The quantitative estimate of drug-likeness (QED) is 0.339. The van der Waals surface area contributed by atoms with Crippen LogP contribution in [0, 0.1) is 0 Å². The van der Waals surface area contributed by atoms with Crippen LogP contribution < -0.4 is 5.32 Å². The largest absolute Gasteiger partial charge is 0.376 e. The maximum atomic E-state index is 13.3. The molecule has 1 aliphatic rings. The van der Waals surface area contributed by atoms with Gasteiger partial charge in [0.15, 0.2) is 0 Å². The van der Waals surface area contributed by atoms with Crippen molar-refractivity contribution >= 4 is 29.4 Å². The molecule has 5 rings (SSSR count). The van der Waals surface area contributed by atoms with E-state index < -0.39 is 0 Å². The van der Waals surface area contributed by atoms with Crippen LogP contribution in [0.1, 0.15) is 23.2 Å². The van der Waals surface area contributed by atoms with Crippen LogP contribution in [-0.4, -0.2) is 52.1 Å². The molecule has 0 radical (unpaired) electrons. The van der Waals surface area contributed by atoms with Crippen LogP contribution in [0.5, 0.6) is 0 Å². The summed E-state index contributed by atoms with van der Waals surface area (Å²) in [6.07, 6.45) is 3.59. The fourth-order valence-corrected chi connectivity index (χ4v) is 4.49. The van der Waals surface area contributed by atoms with Crippen molar-refractivity contribution < 1.29 is 14.3 Å². The molecular formula is C29H27ClN4O3. The van der Waals surface area contributed by atoms with E-state index in [1.54, 1.807) is 24.3 Å². The third kappa shape index (κ3) is 6.07. The van der Waals surface area contributed by atoms with E-state index in [-0.39, 0.29) is 24.5 Å². The third-order valence-corrected chi connectivity index (χ3v) is 6.47. The Hall–Kier alpha value is -3.94. The molecule has 1 atom stereocenters. The van der Waals surface area contributed by atoms with Crippen molar-refractivity contribution in [3.05, 3.63) is 102 Å². The van der Waals surface area contributed by atoms with Gasteiger partial charge < -0.3 is 9.64 Å². The van der Waals surface area contributed by atoms with E-state index in [1.165, 1.54) is 4.90 Å². The van der Waals surface area contributed by atoms with Crippen LogP contribution in [-0.2, 0) is 9.53 Å². The highest BCUT2D eigenvalue weighted by atomic mass is 35.5. The number of hydrogen-bond donors (Lipinski definition) is 1. The monoisotopic (exact) mass is 514 g/mol. The van der Waals surface area contributed by atoms with E-state index in [0.29, 0.717) is 29.7 Å². The molecule has 0 saturated carbocycles. The lowest BCUT2D eigenvalue weighted by Crippen LogP contribution is -2.42. The van der Waals surface area contributed by atoms with Gasteiger partial charge in [-0.3, -0.25) is 19.5 Å². The van der Waals surface area contributed by atoms with E-state index in [4.69, 9.17) is 21.3 Å². The Labute approximate surface area is 220 Å². The molecule has 2 amide bonds. The molecule has 1 unspecified atom stereocenters. The summed E-state index contributed by atoms with van der Waals surface area (Å²) < 4.78 is 7.59. The maximum absolute atomic E-state index is 13.3. The van der Waals surface area contributed by atoms with Crippen LogP contribution in [0.15, 0.2) is 91.1 Å². The van der Waals surface area contributed by atoms with Crippen LogP contribution >= 0.6 is 11.6 Å². The molecule has 1 aliphatic heterocycles. The number of hydrogen-bond acceptors (Lipinski definition) is 4. The van der Waals surface area contributed by atoms with Gasteiger partial charge in [-0.05, 0) is 49.2 Å². The summed E-state index contributed by atoms with van der Waals surface area (Å²) in [4.78, 5) is 32.9. The molecule has 1 N–H and O–H groups in total. The second-order valence-corrected chi connectivity index (χ2v) is 9.33. The average molecular weight is 515 g/mol. The van der Waals surface area contributed by atoms with E-state index in [1.807, 2.05) is 71.4 Å². The Morgan fingerprint density at radius 1 is 1.00 bits per heavy atom. The molecule has 1 aromatic heterocycles. The Morgan fingerprint density at radius 2 is 1.70 bits per heavy atom. The fourth-order valence-electron chi connectivity index (χ4n) is 4.37. The third-order valence-electron chi connectivity index (χ3n) is 6.22. The Morgan fingerprint density at radius 3 is 2.38 bits per heavy atom. The van der Waals surface area contributed by atoms with Crippen molar-refractivity contribution in [2.75, 3.05) is 25.0 Å². The van der Waals surface area contributed by atoms with Crippen molar-refractivity contribution in [1.29, 1.82) is 0 Å². The molecule has 7 nitrogen and oxygen atoms in total. The first-order chi connectivity index (χ1) is 18.1. The molecule has 0 bridgehead atoms. The number of carbonyl (C=O) groups excluding carboxylic acids is 2. The highest BCUT2D eigenvalue weighted by Crippen LogP contribution is 2.24. The topological polar surface area (TPSA) is 76.5 Å². The lowest BCUT2D eigenvalue weighted by molar-refractivity contribution is -0.117. The molecule has 3 aromatic carbocycles. The molecule has 2 heterocycles. The number of rotatable bonds is 8. The van der Waals surface area contributed by atoms with Crippen molar-refractivity contribution in [2.45, 2.75) is 18.9 Å². The van der Waals surface area contributed by atoms with Gasteiger partial charge in [0.05, 0.1) is 11.8 Å². The van der Waals surface area contributed by atoms with E-state index in [9.17, 15) is 9.59 Å². The highest BCUT2D eigenvalue weighted by Gasteiger charge is 2.26. The maximum Gasteiger partial charge on any atom is 0.254 e. The minimum absolute atomic E-state index is 0.0972. The molecule has 4 aromatic rings. The van der Waals surface area contributed by atoms with Gasteiger partial charge in [-0.15, -0.1) is 0 Å². The first-order valence-corrected chi connectivity index (χ1v) is 12.6. The van der Waals surface area contributed by atoms with Crippen molar-refractivity contribution in [1.82, 2.24) is 14.5 Å². The number of imidazole rings is 1. The van der Waals surface area contributed by atoms with E-state index >= 15 is 0 Å². The number of carbonyl (C=O) groups is 2. The zero-order valence-electron chi connectivity index (χ0n) is 20.2. The van der Waals surface area contributed by atoms with Crippen molar-refractivity contribution in [2.24, 2.45) is 0 Å². The van der Waals surface area contributed by atoms with Gasteiger partial charge in [0.2, 0.25) is 11.9 Å². The number of ether oxygens (including phenoxy) is 1. The van der Waals surface area contributed by atoms with Gasteiger partial charge in [-0.2, -0.15) is 0 Å². The molecule has 1 fully saturated rings. The average Bonchev–Trinajstić information content (AvgIpc) is 3.59. The Bertz CT molecular complexity index is 1350. The van der Waals surface area contributed by atoms with Crippen LogP contribution in [0.25, 0.3) is 16.9 Å². The number of anilines is 1. The molecule has 37 heavy (non-hydrogen) atoms. The van der Waals surface area contributed by atoms with Gasteiger partial charge in [0.25, 0.3) is 5.91 Å². The summed E-state index contributed by atoms with van der Waals surface area (Å²) in [5.41, 5.74) is 2.99. The highest BCUT2D eigenvalue weighted by molar-refractivity contribution is 6.30. The SMILES string of the molecule is O=C(CN(CC1CCCO1)C(=O)c1ccc(Cl)cc1)Nc1nc(-c2ccccc2)cn1-c1ccccc1. The summed E-state index contributed by atoms with van der Waals surface area (Å²) in [5.74, 6) is -0.215. The van der Waals surface area contributed by atoms with Crippen molar-refractivity contribution in [3.63, 3.8) is 0 Å². The Kier molecular flexibility index (Phi) is 7.63. The molecule has 188 valence electrons. The standard InChI is InChI=1S/C29H27ClN4O3/c30-23-15-13-22(14-16-23)28(36)33(18-25-12-7-17-37-25)20-27(35)32-29-31-26(21-8-3-1-4-9-21)19-34(29)24-10-5-2-6-11-24/h1-6,8-11,13-16,19,25H,7,12,17-18,20H2,(H,31,32,35). The molecule has 1 saturated heterocycles. The lowest BCUT2D eigenvalue weighted by atomic mass is 10.1. The molecule has 0 aliphatic carbocycles. The number of para-hydroxylation sites is 1. The summed E-state index contributed by atoms with van der Waals surface area (Å²) in [6, 6.07) is 26.1. The summed E-state index contributed by atoms with van der Waals surface area (Å²) in [6.45, 7) is 0.859.